The first-order valence-electron chi connectivity index (χ1n) is 9.36. The first kappa shape index (κ1) is 17.2. The second kappa shape index (κ2) is 8.01. The molecule has 4 rings (SSSR count). The highest BCUT2D eigenvalue weighted by atomic mass is 16.5. The lowest BCUT2D eigenvalue weighted by Crippen LogP contribution is -2.45. The third-order valence-corrected chi connectivity index (χ3v) is 5.15. The Hall–Kier alpha value is -2.19. The van der Waals surface area contributed by atoms with Crippen molar-refractivity contribution >= 4 is 5.91 Å². The molecule has 8 nitrogen and oxygen atoms in total. The third kappa shape index (κ3) is 4.13. The van der Waals surface area contributed by atoms with E-state index in [0.717, 1.165) is 57.4 Å². The molecule has 2 saturated heterocycles. The Labute approximate surface area is 152 Å². The number of furan rings is 1. The summed E-state index contributed by atoms with van der Waals surface area (Å²) < 4.78 is 10.4. The van der Waals surface area contributed by atoms with Gasteiger partial charge in [0.1, 0.15) is 6.26 Å². The number of amides is 1. The monoisotopic (exact) mass is 359 g/mol. The number of nitrogens with one attached hydrogen (secondary N) is 2. The van der Waals surface area contributed by atoms with Gasteiger partial charge in [-0.05, 0) is 50.8 Å². The number of nitrogens with zero attached hydrogens (tertiary/aromatic N) is 3. The van der Waals surface area contributed by atoms with Crippen molar-refractivity contribution in [3.05, 3.63) is 24.5 Å². The Morgan fingerprint density at radius 1 is 1.38 bits per heavy atom. The van der Waals surface area contributed by atoms with E-state index >= 15 is 0 Å². The highest BCUT2D eigenvalue weighted by molar-refractivity contribution is 5.81. The first-order chi connectivity index (χ1) is 12.8. The van der Waals surface area contributed by atoms with Crippen LogP contribution in [0.1, 0.15) is 31.6 Å². The normalized spacial score (nSPS) is 24.0. The fraction of sp³-hybridized carbons (Fsp3) is 0.611. The second-order valence-corrected chi connectivity index (χ2v) is 7.16. The van der Waals surface area contributed by atoms with Crippen LogP contribution < -0.4 is 10.6 Å². The van der Waals surface area contributed by atoms with Gasteiger partial charge in [0.2, 0.25) is 17.6 Å². The minimum Gasteiger partial charge on any atom is -0.472 e. The maximum Gasteiger partial charge on any atom is 0.241 e. The lowest BCUT2D eigenvalue weighted by molar-refractivity contribution is -0.123. The lowest BCUT2D eigenvalue weighted by atomic mass is 9.98. The topological polar surface area (TPSA) is 96.4 Å². The SMILES string of the molecule is O=C(NCC1CCCN(Cc2nc(-c3ccoc3)no2)C1)C1CCCN1. The largest absolute Gasteiger partial charge is 0.472 e. The van der Waals surface area contributed by atoms with Crippen molar-refractivity contribution < 1.29 is 13.7 Å². The molecule has 2 fully saturated rings. The van der Waals surface area contributed by atoms with Gasteiger partial charge in [0, 0.05) is 13.1 Å². The molecule has 2 aliphatic rings. The zero-order chi connectivity index (χ0) is 17.8. The molecule has 0 aromatic carbocycles. The van der Waals surface area contributed by atoms with E-state index in [4.69, 9.17) is 8.94 Å². The van der Waals surface area contributed by atoms with Crippen molar-refractivity contribution in [2.45, 2.75) is 38.3 Å². The molecule has 2 aromatic rings. The minimum absolute atomic E-state index is 0.00516. The van der Waals surface area contributed by atoms with Crippen LogP contribution in [0.3, 0.4) is 0 Å². The van der Waals surface area contributed by atoms with Crippen LogP contribution in [0.4, 0.5) is 0 Å². The van der Waals surface area contributed by atoms with Gasteiger partial charge in [-0.25, -0.2) is 0 Å². The van der Waals surface area contributed by atoms with Crippen LogP contribution in [0.15, 0.2) is 27.5 Å². The van der Waals surface area contributed by atoms with Gasteiger partial charge in [0.05, 0.1) is 24.4 Å². The van der Waals surface area contributed by atoms with E-state index in [9.17, 15) is 4.79 Å². The molecule has 0 saturated carbocycles. The number of hydrogen-bond donors (Lipinski definition) is 2. The predicted molar refractivity (Wildman–Crippen MR) is 94.0 cm³/mol. The van der Waals surface area contributed by atoms with Gasteiger partial charge in [-0.15, -0.1) is 0 Å². The van der Waals surface area contributed by atoms with Gasteiger partial charge in [0.15, 0.2) is 0 Å². The van der Waals surface area contributed by atoms with E-state index in [1.54, 1.807) is 12.5 Å². The molecule has 1 amide bonds. The molecule has 4 heterocycles. The lowest BCUT2D eigenvalue weighted by Gasteiger charge is -2.32. The van der Waals surface area contributed by atoms with E-state index < -0.39 is 0 Å². The molecule has 2 aromatic heterocycles. The Balaban J connectivity index is 1.26. The molecule has 0 aliphatic carbocycles. The van der Waals surface area contributed by atoms with Gasteiger partial charge in [-0.2, -0.15) is 4.98 Å². The summed E-state index contributed by atoms with van der Waals surface area (Å²) in [6.07, 6.45) is 7.48. The van der Waals surface area contributed by atoms with E-state index in [1.807, 2.05) is 6.07 Å². The first-order valence-corrected chi connectivity index (χ1v) is 9.36. The average Bonchev–Trinajstić information content (AvgIpc) is 3.41. The van der Waals surface area contributed by atoms with E-state index in [0.29, 0.717) is 24.2 Å². The van der Waals surface area contributed by atoms with Crippen molar-refractivity contribution in [1.29, 1.82) is 0 Å². The second-order valence-electron chi connectivity index (χ2n) is 7.16. The van der Waals surface area contributed by atoms with Crippen molar-refractivity contribution in [2.75, 3.05) is 26.2 Å². The van der Waals surface area contributed by atoms with Gasteiger partial charge < -0.3 is 19.6 Å². The summed E-state index contributed by atoms with van der Waals surface area (Å²) in [4.78, 5) is 18.9. The summed E-state index contributed by atoms with van der Waals surface area (Å²) in [5.74, 6) is 1.77. The van der Waals surface area contributed by atoms with Crippen LogP contribution in [0.2, 0.25) is 0 Å². The summed E-state index contributed by atoms with van der Waals surface area (Å²) in [7, 11) is 0. The molecule has 0 radical (unpaired) electrons. The van der Waals surface area contributed by atoms with E-state index in [1.165, 1.54) is 0 Å². The van der Waals surface area contributed by atoms with Crippen molar-refractivity contribution in [2.24, 2.45) is 5.92 Å². The maximum atomic E-state index is 12.1. The summed E-state index contributed by atoms with van der Waals surface area (Å²) in [6.45, 7) is 4.26. The van der Waals surface area contributed by atoms with Crippen molar-refractivity contribution in [1.82, 2.24) is 25.7 Å². The summed E-state index contributed by atoms with van der Waals surface area (Å²) in [5, 5.41) is 10.4. The van der Waals surface area contributed by atoms with Crippen LogP contribution in [-0.4, -0.2) is 53.2 Å². The highest BCUT2D eigenvalue weighted by Gasteiger charge is 2.25. The van der Waals surface area contributed by atoms with E-state index in [-0.39, 0.29) is 11.9 Å². The number of rotatable bonds is 6. The van der Waals surface area contributed by atoms with Crippen LogP contribution in [-0.2, 0) is 11.3 Å². The predicted octanol–water partition coefficient (Wildman–Crippen LogP) is 1.41. The Morgan fingerprint density at radius 3 is 3.15 bits per heavy atom. The van der Waals surface area contributed by atoms with Gasteiger partial charge in [-0.3, -0.25) is 9.69 Å². The number of aromatic nitrogens is 2. The summed E-state index contributed by atoms with van der Waals surface area (Å²) >= 11 is 0. The smallest absolute Gasteiger partial charge is 0.241 e. The number of piperidine rings is 1. The zero-order valence-corrected chi connectivity index (χ0v) is 14.8. The Morgan fingerprint density at radius 2 is 2.35 bits per heavy atom. The van der Waals surface area contributed by atoms with Crippen LogP contribution >= 0.6 is 0 Å². The van der Waals surface area contributed by atoms with Crippen molar-refractivity contribution in [3.8, 4) is 11.4 Å². The van der Waals surface area contributed by atoms with E-state index in [2.05, 4.69) is 25.7 Å². The van der Waals surface area contributed by atoms with Gasteiger partial charge >= 0.3 is 0 Å². The number of carbonyl (C=O) groups is 1. The molecule has 0 bridgehead atoms. The molecule has 2 unspecified atom stereocenters. The number of hydrogen-bond acceptors (Lipinski definition) is 7. The summed E-state index contributed by atoms with van der Waals surface area (Å²) in [5.41, 5.74) is 0.819. The summed E-state index contributed by atoms with van der Waals surface area (Å²) in [6, 6.07) is 1.81. The molecular weight excluding hydrogens is 334 g/mol. The number of carbonyl (C=O) groups excluding carboxylic acids is 1. The Bertz CT molecular complexity index is 708. The molecule has 2 atom stereocenters. The molecule has 8 heteroatoms. The average molecular weight is 359 g/mol. The van der Waals surface area contributed by atoms with Crippen LogP contribution in [0, 0.1) is 5.92 Å². The molecule has 2 N–H and O–H groups in total. The van der Waals surface area contributed by atoms with Gasteiger partial charge in [0.25, 0.3) is 0 Å². The maximum absolute atomic E-state index is 12.1. The van der Waals surface area contributed by atoms with Crippen LogP contribution in [0.25, 0.3) is 11.4 Å². The van der Waals surface area contributed by atoms with Crippen LogP contribution in [0.5, 0.6) is 0 Å². The molecular formula is C18H25N5O3. The fourth-order valence-electron chi connectivity index (χ4n) is 3.76. The fourth-order valence-corrected chi connectivity index (χ4v) is 3.76. The molecule has 2 aliphatic heterocycles. The number of likely N-dealkylation sites (tertiary alicyclic amines) is 1. The standard InChI is InChI=1S/C18H25N5O3/c24-18(15-4-1-6-19-15)20-9-13-3-2-7-23(10-13)11-16-21-17(22-26-16)14-5-8-25-12-14/h5,8,12-13,15,19H,1-4,6-7,9-11H2,(H,20,24). The molecule has 140 valence electrons. The Kier molecular flexibility index (Phi) is 5.31. The minimum atomic E-state index is -0.00516. The molecule has 26 heavy (non-hydrogen) atoms. The molecule has 0 spiro atoms. The van der Waals surface area contributed by atoms with Crippen molar-refractivity contribution in [3.63, 3.8) is 0 Å². The zero-order valence-electron chi connectivity index (χ0n) is 14.8. The van der Waals surface area contributed by atoms with Gasteiger partial charge in [-0.1, -0.05) is 5.16 Å². The quantitative estimate of drug-likeness (QED) is 0.805. The highest BCUT2D eigenvalue weighted by Crippen LogP contribution is 2.20. The third-order valence-electron chi connectivity index (χ3n) is 5.15.